The predicted octanol–water partition coefficient (Wildman–Crippen LogP) is 1.37. The van der Waals surface area contributed by atoms with Crippen molar-refractivity contribution in [1.29, 1.82) is 0 Å². The molecule has 0 radical (unpaired) electrons. The van der Waals surface area contributed by atoms with E-state index in [2.05, 4.69) is 5.92 Å². The lowest BCUT2D eigenvalue weighted by atomic mass is 9.97. The van der Waals surface area contributed by atoms with Crippen LogP contribution in [0.15, 0.2) is 0 Å². The average Bonchev–Trinajstić information content (AvgIpc) is 2.02. The van der Waals surface area contributed by atoms with E-state index < -0.39 is 0 Å². The van der Waals surface area contributed by atoms with Crippen LogP contribution in [0, 0.1) is 24.2 Å². The molecule has 0 aliphatic carbocycles. The largest absolute Gasteiger partial charge is 0.334 e. The number of nitrogens with zero attached hydrogens (tertiary/aromatic N) is 1. The molecule has 0 heterocycles. The molecule has 68 valence electrons. The van der Waals surface area contributed by atoms with Gasteiger partial charge < -0.3 is 4.90 Å². The molecule has 0 aromatic carbocycles. The minimum Gasteiger partial charge on any atom is -0.334 e. The second kappa shape index (κ2) is 4.82. The second-order valence-electron chi connectivity index (χ2n) is 3.43. The lowest BCUT2D eigenvalue weighted by molar-refractivity contribution is -0.134. The number of carbonyl (C=O) groups excluding carboxylic acids is 1. The fourth-order valence-electron chi connectivity index (χ4n) is 0.848. The van der Waals surface area contributed by atoms with Crippen molar-refractivity contribution in [2.24, 2.45) is 11.8 Å². The van der Waals surface area contributed by atoms with Crippen molar-refractivity contribution in [3.8, 4) is 12.3 Å². The van der Waals surface area contributed by atoms with Gasteiger partial charge in [-0.2, -0.15) is 0 Å². The van der Waals surface area contributed by atoms with Crippen molar-refractivity contribution in [2.45, 2.75) is 20.8 Å². The van der Waals surface area contributed by atoms with E-state index in [1.54, 1.807) is 11.9 Å². The second-order valence-corrected chi connectivity index (χ2v) is 3.43. The Balaban J connectivity index is 4.11. The minimum absolute atomic E-state index is 0.0587. The Labute approximate surface area is 74.9 Å². The highest BCUT2D eigenvalue weighted by Gasteiger charge is 2.19. The molecule has 1 atom stereocenters. The number of terminal acetylenes is 1. The van der Waals surface area contributed by atoms with Crippen LogP contribution in [0.3, 0.4) is 0 Å². The summed E-state index contributed by atoms with van der Waals surface area (Å²) in [7, 11) is 1.74. The van der Waals surface area contributed by atoms with Gasteiger partial charge in [0.05, 0.1) is 6.54 Å². The topological polar surface area (TPSA) is 20.3 Å². The average molecular weight is 167 g/mol. The van der Waals surface area contributed by atoms with E-state index in [0.717, 1.165) is 0 Å². The monoisotopic (exact) mass is 167 g/mol. The van der Waals surface area contributed by atoms with E-state index in [-0.39, 0.29) is 11.8 Å². The van der Waals surface area contributed by atoms with Gasteiger partial charge in [-0.3, -0.25) is 4.79 Å². The number of hydrogen-bond acceptors (Lipinski definition) is 1. The lowest BCUT2D eigenvalue weighted by Gasteiger charge is -2.21. The zero-order chi connectivity index (χ0) is 9.72. The van der Waals surface area contributed by atoms with Gasteiger partial charge in [0.2, 0.25) is 5.91 Å². The van der Waals surface area contributed by atoms with Gasteiger partial charge in [0.1, 0.15) is 0 Å². The molecular weight excluding hydrogens is 150 g/mol. The highest BCUT2D eigenvalue weighted by Crippen LogP contribution is 2.11. The highest BCUT2D eigenvalue weighted by molar-refractivity contribution is 5.78. The SMILES string of the molecule is C#CCN(C)C(=O)C(C)C(C)C. The van der Waals surface area contributed by atoms with Crippen LogP contribution in [0.2, 0.25) is 0 Å². The molecule has 12 heavy (non-hydrogen) atoms. The summed E-state index contributed by atoms with van der Waals surface area (Å²) >= 11 is 0. The van der Waals surface area contributed by atoms with Gasteiger partial charge >= 0.3 is 0 Å². The highest BCUT2D eigenvalue weighted by atomic mass is 16.2. The number of rotatable bonds is 3. The standard InChI is InChI=1S/C10H17NO/c1-6-7-11(5)10(12)9(4)8(2)3/h1,8-9H,7H2,2-5H3. The van der Waals surface area contributed by atoms with Gasteiger partial charge in [-0.15, -0.1) is 6.42 Å². The molecule has 0 spiro atoms. The Bertz CT molecular complexity index is 191. The maximum absolute atomic E-state index is 11.5. The molecule has 1 amide bonds. The van der Waals surface area contributed by atoms with Crippen LogP contribution in [0.1, 0.15) is 20.8 Å². The summed E-state index contributed by atoms with van der Waals surface area (Å²) in [5.74, 6) is 3.01. The third-order valence-corrected chi connectivity index (χ3v) is 2.09. The summed E-state index contributed by atoms with van der Waals surface area (Å²) in [4.78, 5) is 13.1. The first-order valence-electron chi connectivity index (χ1n) is 4.19. The van der Waals surface area contributed by atoms with Gasteiger partial charge in [-0.1, -0.05) is 26.7 Å². The zero-order valence-electron chi connectivity index (χ0n) is 8.29. The molecule has 0 aromatic heterocycles. The van der Waals surface area contributed by atoms with Crippen LogP contribution in [-0.2, 0) is 4.79 Å². The van der Waals surface area contributed by atoms with Crippen LogP contribution >= 0.6 is 0 Å². The maximum atomic E-state index is 11.5. The minimum atomic E-state index is 0.0587. The molecule has 0 aliphatic heterocycles. The third-order valence-electron chi connectivity index (χ3n) is 2.09. The van der Waals surface area contributed by atoms with Crippen molar-refractivity contribution in [1.82, 2.24) is 4.90 Å². The Morgan fingerprint density at radius 1 is 1.50 bits per heavy atom. The first kappa shape index (κ1) is 11.0. The molecule has 2 heteroatoms. The maximum Gasteiger partial charge on any atom is 0.226 e. The molecule has 0 rings (SSSR count). The molecule has 0 bridgehead atoms. The first-order chi connectivity index (χ1) is 5.50. The molecule has 0 fully saturated rings. The first-order valence-corrected chi connectivity index (χ1v) is 4.19. The summed E-state index contributed by atoms with van der Waals surface area (Å²) in [5.41, 5.74) is 0. The van der Waals surface area contributed by atoms with Gasteiger partial charge in [0, 0.05) is 13.0 Å². The summed E-state index contributed by atoms with van der Waals surface area (Å²) in [6, 6.07) is 0. The van der Waals surface area contributed by atoms with Gasteiger partial charge in [-0.25, -0.2) is 0 Å². The predicted molar refractivity (Wildman–Crippen MR) is 50.5 cm³/mol. The Morgan fingerprint density at radius 2 is 2.00 bits per heavy atom. The van der Waals surface area contributed by atoms with Gasteiger partial charge in [-0.05, 0) is 5.92 Å². The zero-order valence-corrected chi connectivity index (χ0v) is 8.29. The summed E-state index contributed by atoms with van der Waals surface area (Å²) in [5, 5.41) is 0. The smallest absolute Gasteiger partial charge is 0.226 e. The molecule has 0 aromatic rings. The van der Waals surface area contributed by atoms with E-state index in [1.807, 2.05) is 20.8 Å². The van der Waals surface area contributed by atoms with Crippen molar-refractivity contribution >= 4 is 5.91 Å². The van der Waals surface area contributed by atoms with Crippen molar-refractivity contribution in [2.75, 3.05) is 13.6 Å². The van der Waals surface area contributed by atoms with E-state index in [9.17, 15) is 4.79 Å². The Hall–Kier alpha value is -0.970. The van der Waals surface area contributed by atoms with E-state index in [1.165, 1.54) is 0 Å². The molecule has 0 saturated carbocycles. The van der Waals surface area contributed by atoms with Crippen LogP contribution in [0.4, 0.5) is 0 Å². The van der Waals surface area contributed by atoms with Gasteiger partial charge in [0.15, 0.2) is 0 Å². The Morgan fingerprint density at radius 3 is 2.33 bits per heavy atom. The number of carbonyl (C=O) groups is 1. The van der Waals surface area contributed by atoms with Crippen LogP contribution in [0.25, 0.3) is 0 Å². The molecular formula is C10H17NO. The normalized spacial score (nSPS) is 12.3. The third kappa shape index (κ3) is 2.96. The molecule has 0 saturated heterocycles. The van der Waals surface area contributed by atoms with Crippen LogP contribution in [-0.4, -0.2) is 24.4 Å². The number of hydrogen-bond donors (Lipinski definition) is 0. The summed E-state index contributed by atoms with van der Waals surface area (Å²) in [6.45, 7) is 6.40. The van der Waals surface area contributed by atoms with E-state index in [0.29, 0.717) is 12.5 Å². The molecule has 0 aliphatic rings. The van der Waals surface area contributed by atoms with Crippen molar-refractivity contribution in [3.63, 3.8) is 0 Å². The summed E-state index contributed by atoms with van der Waals surface area (Å²) < 4.78 is 0. The molecule has 0 N–H and O–H groups in total. The van der Waals surface area contributed by atoms with Crippen molar-refractivity contribution in [3.05, 3.63) is 0 Å². The Kier molecular flexibility index (Phi) is 4.43. The fourth-order valence-corrected chi connectivity index (χ4v) is 0.848. The fraction of sp³-hybridized carbons (Fsp3) is 0.700. The van der Waals surface area contributed by atoms with E-state index >= 15 is 0 Å². The van der Waals surface area contributed by atoms with Crippen LogP contribution < -0.4 is 0 Å². The van der Waals surface area contributed by atoms with E-state index in [4.69, 9.17) is 6.42 Å². The number of amides is 1. The van der Waals surface area contributed by atoms with Crippen molar-refractivity contribution < 1.29 is 4.79 Å². The molecule has 2 nitrogen and oxygen atoms in total. The lowest BCUT2D eigenvalue weighted by Crippen LogP contribution is -2.34. The summed E-state index contributed by atoms with van der Waals surface area (Å²) in [6.07, 6.45) is 5.10. The van der Waals surface area contributed by atoms with Crippen LogP contribution in [0.5, 0.6) is 0 Å². The quantitative estimate of drug-likeness (QED) is 0.581. The molecule has 1 unspecified atom stereocenters. The van der Waals surface area contributed by atoms with Gasteiger partial charge in [0.25, 0.3) is 0 Å².